The Labute approximate surface area is 114 Å². The van der Waals surface area contributed by atoms with Gasteiger partial charge < -0.3 is 16.1 Å². The fraction of sp³-hybridized carbons (Fsp3) is 0.917. The molecule has 2 rings (SSSR count). The summed E-state index contributed by atoms with van der Waals surface area (Å²) in [5, 5.41) is 13.1. The van der Waals surface area contributed by atoms with Gasteiger partial charge in [0.2, 0.25) is 0 Å². The molecule has 108 valence electrons. The molecule has 6 nitrogen and oxygen atoms in total. The van der Waals surface area contributed by atoms with Gasteiger partial charge >= 0.3 is 7.12 Å². The predicted octanol–water partition coefficient (Wildman–Crippen LogP) is -0.0701. The van der Waals surface area contributed by atoms with Crippen LogP contribution in [0.3, 0.4) is 0 Å². The third kappa shape index (κ3) is 3.92. The maximum absolute atomic E-state index is 12.0. The number of piperidine rings is 1. The van der Waals surface area contributed by atoms with Crippen molar-refractivity contribution in [3.63, 3.8) is 0 Å². The van der Waals surface area contributed by atoms with Crippen LogP contribution in [0.1, 0.15) is 44.9 Å². The van der Waals surface area contributed by atoms with Crippen LogP contribution >= 0.6 is 0 Å². The molecule has 0 radical (unpaired) electrons. The molecule has 0 aromatic heterocycles. The zero-order valence-electron chi connectivity index (χ0n) is 11.4. The SMILES string of the molecule is NC1(C(=O)NOB(O)C2CCCCC2)CCNCC1. The highest BCUT2D eigenvalue weighted by Gasteiger charge is 2.37. The van der Waals surface area contributed by atoms with Crippen molar-refractivity contribution in [1.29, 1.82) is 0 Å². The highest BCUT2D eigenvalue weighted by Crippen LogP contribution is 2.30. The van der Waals surface area contributed by atoms with E-state index in [0.29, 0.717) is 12.8 Å². The monoisotopic (exact) mass is 269 g/mol. The zero-order chi connectivity index (χ0) is 13.7. The minimum atomic E-state index is -0.922. The van der Waals surface area contributed by atoms with Crippen molar-refractivity contribution in [2.45, 2.75) is 56.3 Å². The van der Waals surface area contributed by atoms with Gasteiger partial charge in [0.1, 0.15) is 0 Å². The van der Waals surface area contributed by atoms with E-state index in [-0.39, 0.29) is 11.7 Å². The molecule has 5 N–H and O–H groups in total. The van der Waals surface area contributed by atoms with Gasteiger partial charge in [-0.05, 0) is 31.7 Å². The minimum Gasteiger partial charge on any atom is -0.426 e. The Morgan fingerprint density at radius 3 is 2.58 bits per heavy atom. The van der Waals surface area contributed by atoms with Crippen molar-refractivity contribution in [2.75, 3.05) is 13.1 Å². The van der Waals surface area contributed by atoms with Crippen LogP contribution in [0.15, 0.2) is 0 Å². The fourth-order valence-corrected chi connectivity index (χ4v) is 2.83. The lowest BCUT2D eigenvalue weighted by atomic mass is 9.65. The molecule has 0 aromatic carbocycles. The van der Waals surface area contributed by atoms with Crippen molar-refractivity contribution < 1.29 is 14.6 Å². The first kappa shape index (κ1) is 14.8. The topological polar surface area (TPSA) is 96.6 Å². The lowest BCUT2D eigenvalue weighted by Gasteiger charge is -2.32. The Morgan fingerprint density at radius 2 is 1.95 bits per heavy atom. The molecule has 1 saturated carbocycles. The molecule has 2 aliphatic rings. The van der Waals surface area contributed by atoms with E-state index in [0.717, 1.165) is 38.8 Å². The zero-order valence-corrected chi connectivity index (χ0v) is 11.4. The van der Waals surface area contributed by atoms with E-state index in [1.165, 1.54) is 6.42 Å². The average molecular weight is 269 g/mol. The van der Waals surface area contributed by atoms with E-state index in [1.54, 1.807) is 0 Å². The van der Waals surface area contributed by atoms with Crippen molar-refractivity contribution in [1.82, 2.24) is 10.8 Å². The summed E-state index contributed by atoms with van der Waals surface area (Å²) in [6.07, 6.45) is 6.53. The third-order valence-electron chi connectivity index (χ3n) is 4.27. The second kappa shape index (κ2) is 6.70. The first-order valence-electron chi connectivity index (χ1n) is 7.25. The van der Waals surface area contributed by atoms with Crippen LogP contribution in [0.5, 0.6) is 0 Å². The van der Waals surface area contributed by atoms with Crippen LogP contribution in [0.2, 0.25) is 5.82 Å². The number of hydrogen-bond donors (Lipinski definition) is 4. The summed E-state index contributed by atoms with van der Waals surface area (Å²) in [4.78, 5) is 12.0. The summed E-state index contributed by atoms with van der Waals surface area (Å²) >= 11 is 0. The maximum atomic E-state index is 12.0. The summed E-state index contributed by atoms with van der Waals surface area (Å²) in [7, 11) is -0.922. The Hall–Kier alpha value is -0.625. The maximum Gasteiger partial charge on any atom is 0.482 e. The summed E-state index contributed by atoms with van der Waals surface area (Å²) < 4.78 is 5.12. The number of hydrogen-bond acceptors (Lipinski definition) is 5. The van der Waals surface area contributed by atoms with E-state index >= 15 is 0 Å². The molecule has 2 fully saturated rings. The second-order valence-corrected chi connectivity index (χ2v) is 5.74. The van der Waals surface area contributed by atoms with Gasteiger partial charge in [-0.15, -0.1) is 0 Å². The van der Waals surface area contributed by atoms with Crippen molar-refractivity contribution in [3.8, 4) is 0 Å². The molecule has 0 aromatic rings. The summed E-state index contributed by atoms with van der Waals surface area (Å²) in [5.41, 5.74) is 7.52. The first-order valence-corrected chi connectivity index (χ1v) is 7.25. The fourth-order valence-electron chi connectivity index (χ4n) is 2.83. The van der Waals surface area contributed by atoms with Crippen LogP contribution in [0.25, 0.3) is 0 Å². The van der Waals surface area contributed by atoms with Gasteiger partial charge in [-0.1, -0.05) is 32.1 Å². The molecule has 0 spiro atoms. The smallest absolute Gasteiger partial charge is 0.426 e. The van der Waals surface area contributed by atoms with Crippen molar-refractivity contribution in [2.24, 2.45) is 5.73 Å². The molecule has 7 heteroatoms. The predicted molar refractivity (Wildman–Crippen MR) is 73.1 cm³/mol. The number of nitrogens with one attached hydrogen (secondary N) is 2. The number of carbonyl (C=O) groups excluding carboxylic acids is 1. The average Bonchev–Trinajstić information content (AvgIpc) is 2.46. The lowest BCUT2D eigenvalue weighted by Crippen LogP contribution is -2.59. The van der Waals surface area contributed by atoms with E-state index < -0.39 is 12.7 Å². The molecule has 1 aliphatic heterocycles. The number of carbonyl (C=O) groups is 1. The molecule has 19 heavy (non-hydrogen) atoms. The van der Waals surface area contributed by atoms with Crippen LogP contribution in [0.4, 0.5) is 0 Å². The Bertz CT molecular complexity index is 305. The number of nitrogens with two attached hydrogens (primary N) is 1. The number of amides is 1. The van der Waals surface area contributed by atoms with E-state index in [2.05, 4.69) is 10.8 Å². The highest BCUT2D eigenvalue weighted by atomic mass is 16.7. The van der Waals surface area contributed by atoms with Crippen LogP contribution < -0.4 is 16.5 Å². The largest absolute Gasteiger partial charge is 0.482 e. The van der Waals surface area contributed by atoms with E-state index in [9.17, 15) is 9.82 Å². The Morgan fingerprint density at radius 1 is 1.32 bits per heavy atom. The van der Waals surface area contributed by atoms with Gasteiger partial charge in [-0.2, -0.15) is 0 Å². The van der Waals surface area contributed by atoms with Crippen LogP contribution in [0, 0.1) is 0 Å². The quantitative estimate of drug-likeness (QED) is 0.423. The highest BCUT2D eigenvalue weighted by molar-refractivity contribution is 6.44. The minimum absolute atomic E-state index is 0.121. The van der Waals surface area contributed by atoms with Crippen LogP contribution in [-0.2, 0) is 9.55 Å². The molecule has 0 bridgehead atoms. The molecule has 1 aliphatic carbocycles. The van der Waals surface area contributed by atoms with E-state index in [1.807, 2.05) is 0 Å². The first-order chi connectivity index (χ1) is 9.12. The second-order valence-electron chi connectivity index (χ2n) is 5.74. The number of rotatable bonds is 4. The molecular formula is C12H24BN3O3. The van der Waals surface area contributed by atoms with Gasteiger partial charge in [0.05, 0.1) is 5.54 Å². The van der Waals surface area contributed by atoms with Crippen molar-refractivity contribution >= 4 is 13.0 Å². The molecule has 0 atom stereocenters. The Kier molecular flexibility index (Phi) is 5.21. The third-order valence-corrected chi connectivity index (χ3v) is 4.27. The van der Waals surface area contributed by atoms with Gasteiger partial charge in [0.25, 0.3) is 5.91 Å². The molecular weight excluding hydrogens is 245 g/mol. The summed E-state index contributed by atoms with van der Waals surface area (Å²) in [5.74, 6) is -0.209. The standard InChI is InChI=1S/C12H24BN3O3/c14-12(6-8-15-9-7-12)11(17)16-19-13(18)10-4-2-1-3-5-10/h10,15,18H,1-9,14H2,(H,16,17). The molecule has 1 saturated heterocycles. The normalized spacial score (nSPS) is 23.9. The molecule has 0 unspecified atom stereocenters. The number of hydroxylamine groups is 1. The van der Waals surface area contributed by atoms with Gasteiger partial charge in [0, 0.05) is 0 Å². The van der Waals surface area contributed by atoms with Crippen molar-refractivity contribution in [3.05, 3.63) is 0 Å². The summed E-state index contributed by atoms with van der Waals surface area (Å²) in [6.45, 7) is 1.46. The molecule has 1 heterocycles. The van der Waals surface area contributed by atoms with Gasteiger partial charge in [-0.25, -0.2) is 5.48 Å². The van der Waals surface area contributed by atoms with E-state index in [4.69, 9.17) is 10.5 Å². The van der Waals surface area contributed by atoms with Gasteiger partial charge in [0.15, 0.2) is 0 Å². The molecule has 1 amide bonds. The van der Waals surface area contributed by atoms with Crippen LogP contribution in [-0.4, -0.2) is 36.7 Å². The van der Waals surface area contributed by atoms with Gasteiger partial charge in [-0.3, -0.25) is 9.55 Å². The Balaban J connectivity index is 1.75. The lowest BCUT2D eigenvalue weighted by molar-refractivity contribution is -0.135. The summed E-state index contributed by atoms with van der Waals surface area (Å²) in [6, 6.07) is 0.